The van der Waals surface area contributed by atoms with E-state index in [-0.39, 0.29) is 18.5 Å². The van der Waals surface area contributed by atoms with Crippen molar-refractivity contribution in [2.45, 2.75) is 26.4 Å². The second-order valence-corrected chi connectivity index (χ2v) is 6.24. The number of tetrazole rings is 1. The van der Waals surface area contributed by atoms with Crippen LogP contribution >= 0.6 is 11.6 Å². The highest BCUT2D eigenvalue weighted by molar-refractivity contribution is 6.30. The maximum atomic E-state index is 12.2. The van der Waals surface area contributed by atoms with Gasteiger partial charge < -0.3 is 5.32 Å². The van der Waals surface area contributed by atoms with E-state index in [1.165, 1.54) is 4.80 Å². The highest BCUT2D eigenvalue weighted by Crippen LogP contribution is 2.18. The maximum absolute atomic E-state index is 12.2. The minimum Gasteiger partial charge on any atom is -0.348 e. The van der Waals surface area contributed by atoms with Crippen LogP contribution in [0.25, 0.3) is 11.4 Å². The first-order valence-corrected chi connectivity index (χ1v) is 8.29. The van der Waals surface area contributed by atoms with Crippen LogP contribution in [0.4, 0.5) is 0 Å². The third kappa shape index (κ3) is 4.22. The van der Waals surface area contributed by atoms with Crippen LogP contribution in [0.5, 0.6) is 0 Å². The molecule has 0 aliphatic carbocycles. The third-order valence-electron chi connectivity index (χ3n) is 3.85. The molecule has 7 heteroatoms. The van der Waals surface area contributed by atoms with Gasteiger partial charge in [-0.1, -0.05) is 48.0 Å². The molecule has 0 saturated carbocycles. The zero-order chi connectivity index (χ0) is 17.8. The summed E-state index contributed by atoms with van der Waals surface area (Å²) in [5, 5.41) is 15.8. The van der Waals surface area contributed by atoms with Gasteiger partial charge in [-0.3, -0.25) is 4.79 Å². The van der Waals surface area contributed by atoms with E-state index in [0.29, 0.717) is 10.8 Å². The van der Waals surface area contributed by atoms with E-state index in [4.69, 9.17) is 11.6 Å². The largest absolute Gasteiger partial charge is 0.348 e. The number of amides is 1. The molecule has 0 unspecified atom stereocenters. The maximum Gasteiger partial charge on any atom is 0.244 e. The van der Waals surface area contributed by atoms with Gasteiger partial charge in [-0.15, -0.1) is 10.2 Å². The summed E-state index contributed by atoms with van der Waals surface area (Å²) in [7, 11) is 0. The molecule has 0 aliphatic rings. The summed E-state index contributed by atoms with van der Waals surface area (Å²) in [5.41, 5.74) is 2.90. The van der Waals surface area contributed by atoms with Gasteiger partial charge >= 0.3 is 0 Å². The van der Waals surface area contributed by atoms with Crippen molar-refractivity contribution in [2.24, 2.45) is 0 Å². The average Bonchev–Trinajstić information content (AvgIpc) is 3.03. The Bertz CT molecular complexity index is 892. The molecule has 2 aromatic carbocycles. The predicted octanol–water partition coefficient (Wildman–Crippen LogP) is 3.18. The van der Waals surface area contributed by atoms with E-state index in [9.17, 15) is 4.79 Å². The Hall–Kier alpha value is -2.73. The first-order valence-electron chi connectivity index (χ1n) is 7.91. The SMILES string of the molecule is Cc1ccccc1-c1nnn(CC(=O)N[C@H](C)c2cccc(Cl)c2)n1. The quantitative estimate of drug-likeness (QED) is 0.763. The predicted molar refractivity (Wildman–Crippen MR) is 96.0 cm³/mol. The Morgan fingerprint density at radius 1 is 1.24 bits per heavy atom. The van der Waals surface area contributed by atoms with E-state index in [1.54, 1.807) is 6.07 Å². The number of carbonyl (C=O) groups is 1. The third-order valence-corrected chi connectivity index (χ3v) is 4.09. The molecule has 3 aromatic rings. The molecule has 0 radical (unpaired) electrons. The summed E-state index contributed by atoms with van der Waals surface area (Å²) < 4.78 is 0. The van der Waals surface area contributed by atoms with Gasteiger partial charge in [0.1, 0.15) is 6.54 Å². The minimum atomic E-state index is -0.193. The second-order valence-electron chi connectivity index (χ2n) is 5.80. The van der Waals surface area contributed by atoms with E-state index in [0.717, 1.165) is 16.7 Å². The lowest BCUT2D eigenvalue weighted by Crippen LogP contribution is -2.30. The van der Waals surface area contributed by atoms with Crippen molar-refractivity contribution in [1.82, 2.24) is 25.5 Å². The van der Waals surface area contributed by atoms with Gasteiger partial charge in [0, 0.05) is 10.6 Å². The Labute approximate surface area is 150 Å². The van der Waals surface area contributed by atoms with Gasteiger partial charge in [-0.05, 0) is 42.3 Å². The molecular formula is C18H18ClN5O. The molecule has 1 atom stereocenters. The van der Waals surface area contributed by atoms with Crippen LogP contribution in [0.3, 0.4) is 0 Å². The Kier molecular flexibility index (Phi) is 5.09. The first kappa shape index (κ1) is 17.1. The van der Waals surface area contributed by atoms with Crippen LogP contribution in [0, 0.1) is 6.92 Å². The molecule has 1 aromatic heterocycles. The van der Waals surface area contributed by atoms with Crippen LogP contribution in [-0.2, 0) is 11.3 Å². The zero-order valence-electron chi connectivity index (χ0n) is 14.0. The van der Waals surface area contributed by atoms with Crippen LogP contribution in [0.1, 0.15) is 24.1 Å². The lowest BCUT2D eigenvalue weighted by molar-refractivity contribution is -0.122. The van der Waals surface area contributed by atoms with E-state index >= 15 is 0 Å². The smallest absolute Gasteiger partial charge is 0.244 e. The Morgan fingerprint density at radius 2 is 2.04 bits per heavy atom. The van der Waals surface area contributed by atoms with Crippen molar-refractivity contribution in [1.29, 1.82) is 0 Å². The fourth-order valence-corrected chi connectivity index (χ4v) is 2.72. The molecule has 3 rings (SSSR count). The monoisotopic (exact) mass is 355 g/mol. The molecule has 25 heavy (non-hydrogen) atoms. The van der Waals surface area contributed by atoms with Crippen molar-refractivity contribution in [3.8, 4) is 11.4 Å². The standard InChI is InChI=1S/C18H18ClN5O/c1-12-6-3-4-9-16(12)18-21-23-24(22-18)11-17(25)20-13(2)14-7-5-8-15(19)10-14/h3-10,13H,11H2,1-2H3,(H,20,25)/t13-/m1/s1. The number of halogens is 1. The van der Waals surface area contributed by atoms with Crippen molar-refractivity contribution < 1.29 is 4.79 Å². The van der Waals surface area contributed by atoms with Crippen molar-refractivity contribution in [3.63, 3.8) is 0 Å². The topological polar surface area (TPSA) is 72.7 Å². The molecule has 6 nitrogen and oxygen atoms in total. The van der Waals surface area contributed by atoms with Crippen LogP contribution in [0.15, 0.2) is 48.5 Å². The Balaban J connectivity index is 1.65. The molecular weight excluding hydrogens is 338 g/mol. The molecule has 0 spiro atoms. The highest BCUT2D eigenvalue weighted by Gasteiger charge is 2.13. The summed E-state index contributed by atoms with van der Waals surface area (Å²) in [6.07, 6.45) is 0. The van der Waals surface area contributed by atoms with Gasteiger partial charge in [0.2, 0.25) is 11.7 Å². The highest BCUT2D eigenvalue weighted by atomic mass is 35.5. The van der Waals surface area contributed by atoms with Crippen LogP contribution in [0.2, 0.25) is 5.02 Å². The fraction of sp³-hybridized carbons (Fsp3) is 0.222. The molecule has 1 amide bonds. The lowest BCUT2D eigenvalue weighted by Gasteiger charge is -2.14. The van der Waals surface area contributed by atoms with Crippen molar-refractivity contribution in [2.75, 3.05) is 0 Å². The van der Waals surface area contributed by atoms with Crippen molar-refractivity contribution >= 4 is 17.5 Å². The summed E-state index contributed by atoms with van der Waals surface area (Å²) in [6, 6.07) is 15.0. The van der Waals surface area contributed by atoms with Crippen LogP contribution in [-0.4, -0.2) is 26.1 Å². The van der Waals surface area contributed by atoms with Crippen molar-refractivity contribution in [3.05, 3.63) is 64.7 Å². The molecule has 1 heterocycles. The number of rotatable bonds is 5. The molecule has 128 valence electrons. The number of carbonyl (C=O) groups excluding carboxylic acids is 1. The minimum absolute atomic E-state index is 0.00376. The number of nitrogens with one attached hydrogen (secondary N) is 1. The van der Waals surface area contributed by atoms with Gasteiger partial charge in [0.25, 0.3) is 0 Å². The summed E-state index contributed by atoms with van der Waals surface area (Å²) in [6.45, 7) is 3.89. The number of benzene rings is 2. The molecule has 0 bridgehead atoms. The molecule has 0 aliphatic heterocycles. The zero-order valence-corrected chi connectivity index (χ0v) is 14.7. The molecule has 1 N–H and O–H groups in total. The number of hydrogen-bond acceptors (Lipinski definition) is 4. The molecule has 0 saturated heterocycles. The fourth-order valence-electron chi connectivity index (χ4n) is 2.52. The summed E-state index contributed by atoms with van der Waals surface area (Å²) in [4.78, 5) is 13.5. The van der Waals surface area contributed by atoms with E-state index in [2.05, 4.69) is 20.7 Å². The number of aryl methyl sites for hydroxylation is 1. The normalized spacial score (nSPS) is 12.0. The van der Waals surface area contributed by atoms with Crippen LogP contribution < -0.4 is 5.32 Å². The average molecular weight is 356 g/mol. The summed E-state index contributed by atoms with van der Waals surface area (Å²) in [5.74, 6) is 0.315. The first-order chi connectivity index (χ1) is 12.0. The second kappa shape index (κ2) is 7.44. The number of aromatic nitrogens is 4. The lowest BCUT2D eigenvalue weighted by atomic mass is 10.1. The number of nitrogens with zero attached hydrogens (tertiary/aromatic N) is 4. The van der Waals surface area contributed by atoms with E-state index < -0.39 is 0 Å². The van der Waals surface area contributed by atoms with Gasteiger partial charge in [-0.25, -0.2) is 0 Å². The molecule has 0 fully saturated rings. The Morgan fingerprint density at radius 3 is 2.80 bits per heavy atom. The van der Waals surface area contributed by atoms with Gasteiger partial charge in [-0.2, -0.15) is 4.80 Å². The van der Waals surface area contributed by atoms with Gasteiger partial charge in [0.15, 0.2) is 0 Å². The van der Waals surface area contributed by atoms with E-state index in [1.807, 2.05) is 56.3 Å². The summed E-state index contributed by atoms with van der Waals surface area (Å²) >= 11 is 5.98. The number of hydrogen-bond donors (Lipinski definition) is 1. The van der Waals surface area contributed by atoms with Gasteiger partial charge in [0.05, 0.1) is 6.04 Å².